The highest BCUT2D eigenvalue weighted by molar-refractivity contribution is 6.42. The van der Waals surface area contributed by atoms with Crippen molar-refractivity contribution in [1.29, 1.82) is 0 Å². The second kappa shape index (κ2) is 6.05. The van der Waals surface area contributed by atoms with Crippen LogP contribution in [-0.2, 0) is 11.3 Å². The van der Waals surface area contributed by atoms with Gasteiger partial charge in [0.05, 0.1) is 16.1 Å². The molecule has 1 aromatic rings. The van der Waals surface area contributed by atoms with Crippen LogP contribution in [0.1, 0.15) is 24.8 Å². The summed E-state index contributed by atoms with van der Waals surface area (Å²) in [5, 5.41) is 4.78. The van der Waals surface area contributed by atoms with Crippen LogP contribution in [0.5, 0.6) is 0 Å². The van der Waals surface area contributed by atoms with Gasteiger partial charge in [-0.15, -0.1) is 0 Å². The lowest BCUT2D eigenvalue weighted by Gasteiger charge is -2.14. The van der Waals surface area contributed by atoms with Crippen LogP contribution < -0.4 is 5.32 Å². The minimum atomic E-state index is 0.405. The summed E-state index contributed by atoms with van der Waals surface area (Å²) < 4.78 is 5.35. The Kier molecular flexibility index (Phi) is 4.69. The zero-order valence-electron chi connectivity index (χ0n) is 9.88. The fourth-order valence-corrected chi connectivity index (χ4v) is 2.67. The maximum atomic E-state index is 6.14. The molecule has 0 saturated heterocycles. The average Bonchev–Trinajstić information content (AvgIpc) is 2.79. The number of hydrogen-bond donors (Lipinski definition) is 1. The molecule has 2 nitrogen and oxygen atoms in total. The van der Waals surface area contributed by atoms with Crippen molar-refractivity contribution in [2.75, 3.05) is 7.11 Å². The molecule has 4 heteroatoms. The third-order valence-corrected chi connectivity index (χ3v) is 4.19. The Hall–Kier alpha value is -0.280. The molecule has 0 amide bonds. The molecule has 0 radical (unpaired) electrons. The minimum absolute atomic E-state index is 0.405. The highest BCUT2D eigenvalue weighted by Crippen LogP contribution is 2.26. The van der Waals surface area contributed by atoms with E-state index in [2.05, 4.69) is 5.32 Å². The Labute approximate surface area is 112 Å². The van der Waals surface area contributed by atoms with E-state index < -0.39 is 0 Å². The lowest BCUT2D eigenvalue weighted by Crippen LogP contribution is -2.26. The molecule has 1 aliphatic rings. The SMILES string of the molecule is COC1CCC(NCc2cccc(Cl)c2Cl)C1. The molecule has 2 atom stereocenters. The van der Waals surface area contributed by atoms with Crippen LogP contribution in [0.2, 0.25) is 10.0 Å². The lowest BCUT2D eigenvalue weighted by atomic mass is 10.2. The normalized spacial score (nSPS) is 24.2. The number of halogens is 2. The van der Waals surface area contributed by atoms with Crippen LogP contribution in [0, 0.1) is 0 Å². The summed E-state index contributed by atoms with van der Waals surface area (Å²) in [6, 6.07) is 6.26. The predicted octanol–water partition coefficient (Wildman–Crippen LogP) is 3.65. The van der Waals surface area contributed by atoms with Crippen LogP contribution in [0.15, 0.2) is 18.2 Å². The van der Waals surface area contributed by atoms with E-state index in [1.807, 2.05) is 18.2 Å². The van der Waals surface area contributed by atoms with Crippen LogP contribution in [0.25, 0.3) is 0 Å². The lowest BCUT2D eigenvalue weighted by molar-refractivity contribution is 0.107. The van der Waals surface area contributed by atoms with Crippen LogP contribution in [-0.4, -0.2) is 19.3 Å². The second-order valence-corrected chi connectivity index (χ2v) is 5.25. The molecule has 0 aliphatic heterocycles. The summed E-state index contributed by atoms with van der Waals surface area (Å²) in [5.74, 6) is 0. The van der Waals surface area contributed by atoms with Gasteiger partial charge in [-0.25, -0.2) is 0 Å². The van der Waals surface area contributed by atoms with E-state index in [1.54, 1.807) is 7.11 Å². The van der Waals surface area contributed by atoms with Crippen molar-refractivity contribution in [1.82, 2.24) is 5.32 Å². The molecular formula is C13H17Cl2NO. The first-order valence-electron chi connectivity index (χ1n) is 5.89. The van der Waals surface area contributed by atoms with Gasteiger partial charge in [-0.3, -0.25) is 0 Å². The van der Waals surface area contributed by atoms with Gasteiger partial charge in [0.2, 0.25) is 0 Å². The Morgan fingerprint density at radius 2 is 2.18 bits per heavy atom. The molecule has 17 heavy (non-hydrogen) atoms. The summed E-state index contributed by atoms with van der Waals surface area (Å²) in [5.41, 5.74) is 1.06. The number of ether oxygens (including phenoxy) is 1. The van der Waals surface area contributed by atoms with Crippen molar-refractivity contribution < 1.29 is 4.74 Å². The van der Waals surface area contributed by atoms with E-state index in [0.29, 0.717) is 22.2 Å². The minimum Gasteiger partial charge on any atom is -0.381 e. The maximum absolute atomic E-state index is 6.14. The van der Waals surface area contributed by atoms with Crippen molar-refractivity contribution in [3.05, 3.63) is 33.8 Å². The predicted molar refractivity (Wildman–Crippen MR) is 71.7 cm³/mol. The smallest absolute Gasteiger partial charge is 0.0637 e. The van der Waals surface area contributed by atoms with E-state index in [0.717, 1.165) is 31.4 Å². The van der Waals surface area contributed by atoms with Crippen molar-refractivity contribution >= 4 is 23.2 Å². The molecule has 0 aromatic heterocycles. The van der Waals surface area contributed by atoms with Gasteiger partial charge in [0.15, 0.2) is 0 Å². The molecule has 2 unspecified atom stereocenters. The van der Waals surface area contributed by atoms with Crippen LogP contribution in [0.4, 0.5) is 0 Å². The van der Waals surface area contributed by atoms with Crippen molar-refractivity contribution in [2.45, 2.75) is 38.0 Å². The van der Waals surface area contributed by atoms with Gasteiger partial charge in [-0.05, 0) is 30.9 Å². The van der Waals surface area contributed by atoms with Crippen molar-refractivity contribution in [3.8, 4) is 0 Å². The molecular weight excluding hydrogens is 257 g/mol. The Morgan fingerprint density at radius 1 is 1.35 bits per heavy atom. The van der Waals surface area contributed by atoms with E-state index >= 15 is 0 Å². The molecule has 0 spiro atoms. The number of rotatable bonds is 4. The fourth-order valence-electron chi connectivity index (χ4n) is 2.28. The van der Waals surface area contributed by atoms with Gasteiger partial charge in [0.1, 0.15) is 0 Å². The zero-order chi connectivity index (χ0) is 12.3. The van der Waals surface area contributed by atoms with Gasteiger partial charge in [0.25, 0.3) is 0 Å². The van der Waals surface area contributed by atoms with E-state index in [-0.39, 0.29) is 0 Å². The van der Waals surface area contributed by atoms with Gasteiger partial charge in [-0.1, -0.05) is 35.3 Å². The summed E-state index contributed by atoms with van der Waals surface area (Å²) in [4.78, 5) is 0. The number of hydrogen-bond acceptors (Lipinski definition) is 2. The molecule has 0 bridgehead atoms. The van der Waals surface area contributed by atoms with Crippen molar-refractivity contribution in [2.24, 2.45) is 0 Å². The first-order valence-corrected chi connectivity index (χ1v) is 6.65. The average molecular weight is 274 g/mol. The van der Waals surface area contributed by atoms with Crippen molar-refractivity contribution in [3.63, 3.8) is 0 Å². The highest BCUT2D eigenvalue weighted by Gasteiger charge is 2.23. The fraction of sp³-hybridized carbons (Fsp3) is 0.538. The molecule has 1 N–H and O–H groups in total. The third-order valence-electron chi connectivity index (χ3n) is 3.33. The molecule has 1 saturated carbocycles. The Balaban J connectivity index is 1.88. The van der Waals surface area contributed by atoms with Crippen LogP contribution in [0.3, 0.4) is 0 Å². The number of nitrogens with one attached hydrogen (secondary N) is 1. The Morgan fingerprint density at radius 3 is 2.88 bits per heavy atom. The maximum Gasteiger partial charge on any atom is 0.0637 e. The second-order valence-electron chi connectivity index (χ2n) is 4.46. The summed E-state index contributed by atoms with van der Waals surface area (Å²) in [7, 11) is 1.78. The topological polar surface area (TPSA) is 21.3 Å². The first kappa shape index (κ1) is 13.2. The monoisotopic (exact) mass is 273 g/mol. The van der Waals surface area contributed by atoms with Crippen LogP contribution >= 0.6 is 23.2 Å². The largest absolute Gasteiger partial charge is 0.381 e. The Bertz CT molecular complexity index is 384. The standard InChI is InChI=1S/C13H17Cl2NO/c1-17-11-6-5-10(7-11)16-8-9-3-2-4-12(14)13(9)15/h2-4,10-11,16H,5-8H2,1H3. The molecule has 0 heterocycles. The molecule has 1 fully saturated rings. The quantitative estimate of drug-likeness (QED) is 0.904. The van der Waals surface area contributed by atoms with E-state index in [9.17, 15) is 0 Å². The van der Waals surface area contributed by atoms with Gasteiger partial charge >= 0.3 is 0 Å². The summed E-state index contributed by atoms with van der Waals surface area (Å²) in [6.07, 6.45) is 3.78. The summed E-state index contributed by atoms with van der Waals surface area (Å²) in [6.45, 7) is 0.764. The molecule has 94 valence electrons. The molecule has 1 aliphatic carbocycles. The summed E-state index contributed by atoms with van der Waals surface area (Å²) >= 11 is 12.1. The van der Waals surface area contributed by atoms with E-state index in [4.69, 9.17) is 27.9 Å². The zero-order valence-corrected chi connectivity index (χ0v) is 11.4. The van der Waals surface area contributed by atoms with Gasteiger partial charge < -0.3 is 10.1 Å². The number of benzene rings is 1. The third kappa shape index (κ3) is 3.35. The molecule has 2 rings (SSSR count). The molecule has 1 aromatic carbocycles. The first-order chi connectivity index (χ1) is 8.20. The van der Waals surface area contributed by atoms with E-state index in [1.165, 1.54) is 0 Å². The highest BCUT2D eigenvalue weighted by atomic mass is 35.5. The number of methoxy groups -OCH3 is 1. The van der Waals surface area contributed by atoms with Gasteiger partial charge in [-0.2, -0.15) is 0 Å². The van der Waals surface area contributed by atoms with Gasteiger partial charge in [0, 0.05) is 19.7 Å².